The minimum absolute atomic E-state index is 0.107. The Labute approximate surface area is 226 Å². The molecule has 2 rings (SSSR count). The molecule has 1 saturated carbocycles. The largest absolute Gasteiger partial charge is 0.481 e. The van der Waals surface area contributed by atoms with Gasteiger partial charge in [-0.3, -0.25) is 34.7 Å². The molecule has 39 heavy (non-hydrogen) atoms. The molecule has 0 bridgehead atoms. The van der Waals surface area contributed by atoms with E-state index in [2.05, 4.69) is 16.0 Å². The van der Waals surface area contributed by atoms with E-state index in [-0.39, 0.29) is 43.1 Å². The van der Waals surface area contributed by atoms with Crippen LogP contribution in [-0.2, 0) is 19.2 Å². The summed E-state index contributed by atoms with van der Waals surface area (Å²) < 4.78 is 0. The summed E-state index contributed by atoms with van der Waals surface area (Å²) in [6.45, 7) is 0.893. The molecule has 0 spiro atoms. The molecule has 1 fully saturated rings. The minimum atomic E-state index is -0.857. The summed E-state index contributed by atoms with van der Waals surface area (Å²) in [5, 5.41) is 33.6. The predicted octanol–water partition coefficient (Wildman–Crippen LogP) is 0.492. The molecular formula is C24H38N8O7. The highest BCUT2D eigenvalue weighted by Crippen LogP contribution is 2.27. The number of guanidine groups is 1. The van der Waals surface area contributed by atoms with Crippen LogP contribution in [-0.4, -0.2) is 76.3 Å². The van der Waals surface area contributed by atoms with Gasteiger partial charge in [0.05, 0.1) is 18.0 Å². The maximum absolute atomic E-state index is 13.4. The van der Waals surface area contributed by atoms with E-state index in [1.807, 2.05) is 0 Å². The van der Waals surface area contributed by atoms with Gasteiger partial charge < -0.3 is 37.4 Å². The zero-order chi connectivity index (χ0) is 29.4. The molecule has 0 unspecified atom stereocenters. The number of non-ortho nitro benzene ring substituents is 1. The van der Waals surface area contributed by atoms with Crippen molar-refractivity contribution in [1.29, 1.82) is 5.41 Å². The first-order valence-corrected chi connectivity index (χ1v) is 12.6. The molecule has 1 aromatic rings. The fourth-order valence-corrected chi connectivity index (χ4v) is 4.14. The lowest BCUT2D eigenvalue weighted by Crippen LogP contribution is -2.55. The predicted molar refractivity (Wildman–Crippen MR) is 144 cm³/mol. The fraction of sp³-hybridized carbons (Fsp3) is 0.542. The molecule has 1 aliphatic rings. The Kier molecular flexibility index (Phi) is 14.5. The number of benzene rings is 1. The summed E-state index contributed by atoms with van der Waals surface area (Å²) in [6.07, 6.45) is 5.10. The summed E-state index contributed by atoms with van der Waals surface area (Å²) in [4.78, 5) is 59.3. The number of amides is 3. The van der Waals surface area contributed by atoms with Gasteiger partial charge in [0.25, 0.3) is 11.7 Å². The maximum Gasteiger partial charge on any atom is 0.300 e. The van der Waals surface area contributed by atoms with E-state index in [9.17, 15) is 24.5 Å². The molecule has 1 atom stereocenters. The van der Waals surface area contributed by atoms with Gasteiger partial charge in [-0.15, -0.1) is 0 Å². The van der Waals surface area contributed by atoms with Gasteiger partial charge in [0.2, 0.25) is 17.7 Å². The topological polar surface area (TPSA) is 247 Å². The van der Waals surface area contributed by atoms with Crippen LogP contribution in [0.4, 0.5) is 11.4 Å². The number of carboxylic acids is 1. The standard InChI is InChI=1S/C22H34N8O5.C2H4O2/c23-13-19(31)27-14-20(32)29(16-5-2-1-3-6-16)18(7-4-12-26-22(24)25)21(33)28-15-8-10-17(11-9-15)30(34)35;1-2(3)4/h8-11,16,18H,1-7,12-14,23H2,(H,27,31)(H,28,33)(H4,24,25,26);1H3,(H,3,4)/t18-;/m0./s1. The normalized spacial score (nSPS) is 13.6. The number of carboxylic acid groups (broad SMARTS) is 1. The van der Waals surface area contributed by atoms with E-state index in [4.69, 9.17) is 26.8 Å². The van der Waals surface area contributed by atoms with Crippen molar-refractivity contribution in [2.24, 2.45) is 11.5 Å². The minimum Gasteiger partial charge on any atom is -0.481 e. The van der Waals surface area contributed by atoms with Crippen LogP contribution in [0.15, 0.2) is 24.3 Å². The zero-order valence-corrected chi connectivity index (χ0v) is 22.0. The van der Waals surface area contributed by atoms with Crippen LogP contribution in [0.2, 0.25) is 0 Å². The van der Waals surface area contributed by atoms with Crippen LogP contribution in [0.5, 0.6) is 0 Å². The molecule has 1 aromatic carbocycles. The number of rotatable bonds is 12. The monoisotopic (exact) mass is 550 g/mol. The van der Waals surface area contributed by atoms with Crippen molar-refractivity contribution < 1.29 is 29.2 Å². The van der Waals surface area contributed by atoms with E-state index in [0.717, 1.165) is 39.0 Å². The Morgan fingerprint density at radius 1 is 1.15 bits per heavy atom. The molecule has 3 amide bonds. The Morgan fingerprint density at radius 2 is 1.74 bits per heavy atom. The molecule has 0 aliphatic heterocycles. The zero-order valence-electron chi connectivity index (χ0n) is 22.0. The van der Waals surface area contributed by atoms with Gasteiger partial charge in [-0.1, -0.05) is 19.3 Å². The number of carbonyl (C=O) groups is 4. The Hall–Kier alpha value is -4.27. The number of nitro benzene ring substituents is 1. The number of aliphatic carboxylic acids is 1. The van der Waals surface area contributed by atoms with Crippen LogP contribution in [0.1, 0.15) is 51.9 Å². The highest BCUT2D eigenvalue weighted by molar-refractivity contribution is 5.98. The molecule has 0 aromatic heterocycles. The lowest BCUT2D eigenvalue weighted by atomic mass is 9.92. The molecule has 9 N–H and O–H groups in total. The molecular weight excluding hydrogens is 512 g/mol. The van der Waals surface area contributed by atoms with E-state index < -0.39 is 28.7 Å². The summed E-state index contributed by atoms with van der Waals surface area (Å²) in [5.74, 6) is -2.33. The lowest BCUT2D eigenvalue weighted by molar-refractivity contribution is -0.384. The lowest BCUT2D eigenvalue weighted by Gasteiger charge is -2.39. The van der Waals surface area contributed by atoms with Gasteiger partial charge in [0.15, 0.2) is 5.96 Å². The van der Waals surface area contributed by atoms with Gasteiger partial charge in [-0.05, 0) is 37.8 Å². The number of anilines is 1. The first-order valence-electron chi connectivity index (χ1n) is 12.6. The third-order valence-corrected chi connectivity index (χ3v) is 5.83. The van der Waals surface area contributed by atoms with Crippen LogP contribution in [0.3, 0.4) is 0 Å². The van der Waals surface area contributed by atoms with Crippen molar-refractivity contribution in [1.82, 2.24) is 15.5 Å². The average Bonchev–Trinajstić information content (AvgIpc) is 2.89. The molecule has 0 saturated heterocycles. The second-order valence-corrected chi connectivity index (χ2v) is 8.88. The van der Waals surface area contributed by atoms with Crippen molar-refractivity contribution in [3.05, 3.63) is 34.4 Å². The van der Waals surface area contributed by atoms with E-state index in [0.29, 0.717) is 18.7 Å². The Bertz CT molecular complexity index is 993. The van der Waals surface area contributed by atoms with E-state index >= 15 is 0 Å². The Morgan fingerprint density at radius 3 is 2.26 bits per heavy atom. The van der Waals surface area contributed by atoms with Gasteiger partial charge in [-0.25, -0.2) is 0 Å². The summed E-state index contributed by atoms with van der Waals surface area (Å²) in [5.41, 5.74) is 10.9. The number of nitrogens with one attached hydrogen (secondary N) is 4. The van der Waals surface area contributed by atoms with Gasteiger partial charge >= 0.3 is 0 Å². The third-order valence-electron chi connectivity index (χ3n) is 5.83. The van der Waals surface area contributed by atoms with E-state index in [1.54, 1.807) is 4.90 Å². The van der Waals surface area contributed by atoms with Crippen LogP contribution in [0, 0.1) is 15.5 Å². The molecule has 1 aliphatic carbocycles. The van der Waals surface area contributed by atoms with Gasteiger partial charge in [0.1, 0.15) is 6.04 Å². The number of carbonyl (C=O) groups excluding carboxylic acids is 3. The summed E-state index contributed by atoms with van der Waals surface area (Å²) >= 11 is 0. The molecule has 0 heterocycles. The van der Waals surface area contributed by atoms with Crippen LogP contribution < -0.4 is 27.4 Å². The quantitative estimate of drug-likeness (QED) is 0.0623. The Balaban J connectivity index is 0.00000177. The van der Waals surface area contributed by atoms with E-state index in [1.165, 1.54) is 24.3 Å². The number of nitrogens with zero attached hydrogens (tertiary/aromatic N) is 2. The van der Waals surface area contributed by atoms with Crippen molar-refractivity contribution in [3.8, 4) is 0 Å². The first-order chi connectivity index (χ1) is 18.5. The number of nitrogens with two attached hydrogens (primary N) is 2. The summed E-state index contributed by atoms with van der Waals surface area (Å²) in [6, 6.07) is 4.41. The van der Waals surface area contributed by atoms with Crippen molar-refractivity contribution >= 4 is 41.0 Å². The fourth-order valence-electron chi connectivity index (χ4n) is 4.14. The second-order valence-electron chi connectivity index (χ2n) is 8.88. The SMILES string of the molecule is CC(=O)O.N=C(N)NCCC[C@@H](C(=O)Nc1ccc([N+](=O)[O-])cc1)N(C(=O)CNC(=O)CN)C1CCCCC1. The highest BCUT2D eigenvalue weighted by Gasteiger charge is 2.35. The highest BCUT2D eigenvalue weighted by atomic mass is 16.6. The molecule has 216 valence electrons. The smallest absolute Gasteiger partial charge is 0.300 e. The van der Waals surface area contributed by atoms with Crippen LogP contribution in [0.25, 0.3) is 0 Å². The molecule has 15 heteroatoms. The van der Waals surface area contributed by atoms with Gasteiger partial charge in [0, 0.05) is 37.3 Å². The number of nitro groups is 1. The van der Waals surface area contributed by atoms with Gasteiger partial charge in [-0.2, -0.15) is 0 Å². The van der Waals surface area contributed by atoms with Crippen molar-refractivity contribution in [2.75, 3.05) is 25.0 Å². The van der Waals surface area contributed by atoms with Crippen molar-refractivity contribution in [3.63, 3.8) is 0 Å². The molecule has 0 radical (unpaired) electrons. The number of hydrogen-bond acceptors (Lipinski definition) is 8. The first kappa shape index (κ1) is 32.8. The molecule has 15 nitrogen and oxygen atoms in total. The third kappa shape index (κ3) is 12.7. The average molecular weight is 551 g/mol. The maximum atomic E-state index is 13.4. The number of hydrogen-bond donors (Lipinski definition) is 7. The second kappa shape index (κ2) is 17.3. The summed E-state index contributed by atoms with van der Waals surface area (Å²) in [7, 11) is 0. The van der Waals surface area contributed by atoms with Crippen LogP contribution >= 0.6 is 0 Å². The van der Waals surface area contributed by atoms with Crippen molar-refractivity contribution in [2.45, 2.75) is 64.0 Å².